The number of anilines is 1. The molecule has 0 aliphatic heterocycles. The van der Waals surface area contributed by atoms with Crippen molar-refractivity contribution in [3.63, 3.8) is 0 Å². The second-order valence-corrected chi connectivity index (χ2v) is 5.37. The van der Waals surface area contributed by atoms with Gasteiger partial charge in [-0.1, -0.05) is 23.9 Å². The van der Waals surface area contributed by atoms with Crippen molar-refractivity contribution >= 4 is 39.3 Å². The summed E-state index contributed by atoms with van der Waals surface area (Å²) < 4.78 is 0.945. The topological polar surface area (TPSA) is 82.0 Å². The number of carbonyl (C=O) groups excluding carboxylic acids is 1. The van der Waals surface area contributed by atoms with Crippen LogP contribution in [0.4, 0.5) is 5.69 Å². The number of amides is 1. The van der Waals surface area contributed by atoms with Crippen LogP contribution in [0.1, 0.15) is 10.5 Å². The summed E-state index contributed by atoms with van der Waals surface area (Å²) in [6, 6.07) is 10.9. The van der Waals surface area contributed by atoms with Crippen LogP contribution in [0.3, 0.4) is 0 Å². The quantitative estimate of drug-likeness (QED) is 0.909. The van der Waals surface area contributed by atoms with Crippen LogP contribution in [0.2, 0.25) is 0 Å². The van der Waals surface area contributed by atoms with Crippen LogP contribution in [0.15, 0.2) is 50.8 Å². The highest BCUT2D eigenvalue weighted by molar-refractivity contribution is 9.10. The van der Waals surface area contributed by atoms with E-state index in [0.29, 0.717) is 10.7 Å². The molecule has 1 aromatic carbocycles. The van der Waals surface area contributed by atoms with Crippen LogP contribution in [-0.2, 0) is 0 Å². The molecule has 0 unspecified atom stereocenters. The molecule has 0 radical (unpaired) electrons. The van der Waals surface area contributed by atoms with Crippen LogP contribution in [0.25, 0.3) is 0 Å². The fourth-order valence-electron chi connectivity index (χ4n) is 1.30. The molecule has 0 fully saturated rings. The Labute approximate surface area is 117 Å². The highest BCUT2D eigenvalue weighted by Crippen LogP contribution is 2.34. The van der Waals surface area contributed by atoms with Crippen molar-refractivity contribution in [3.05, 3.63) is 46.6 Å². The summed E-state index contributed by atoms with van der Waals surface area (Å²) >= 11 is 4.83. The number of hydrogen-bond acceptors (Lipinski definition) is 4. The van der Waals surface area contributed by atoms with E-state index in [1.54, 1.807) is 6.07 Å². The molecule has 1 aromatic heterocycles. The fourth-order valence-corrected chi connectivity index (χ4v) is 2.68. The smallest absolute Gasteiger partial charge is 0.267 e. The number of nitrogens with two attached hydrogens (primary N) is 2. The van der Waals surface area contributed by atoms with Crippen molar-refractivity contribution < 1.29 is 4.79 Å². The first-order valence-corrected chi connectivity index (χ1v) is 6.67. The molecule has 0 bridgehead atoms. The number of primary amides is 1. The predicted octanol–water partition coefficient (Wildman–Crippen LogP) is 2.68. The van der Waals surface area contributed by atoms with Crippen LogP contribution in [0, 0.1) is 0 Å². The molecule has 0 saturated carbocycles. The maximum absolute atomic E-state index is 11.1. The highest BCUT2D eigenvalue weighted by atomic mass is 79.9. The number of halogens is 1. The number of nitrogen functional groups attached to an aromatic ring is 1. The van der Waals surface area contributed by atoms with E-state index in [1.165, 1.54) is 17.8 Å². The van der Waals surface area contributed by atoms with Crippen molar-refractivity contribution in [2.75, 3.05) is 5.73 Å². The van der Waals surface area contributed by atoms with Crippen LogP contribution in [-0.4, -0.2) is 10.9 Å². The second-order valence-electron chi connectivity index (χ2n) is 3.49. The van der Waals surface area contributed by atoms with E-state index in [9.17, 15) is 4.79 Å². The average molecular weight is 324 g/mol. The fraction of sp³-hybridized carbons (Fsp3) is 0. The minimum absolute atomic E-state index is 0.207. The molecular formula is C12H10BrN3OS. The molecule has 2 rings (SSSR count). The molecule has 0 saturated heterocycles. The zero-order valence-corrected chi connectivity index (χ0v) is 11.7. The Balaban J connectivity index is 2.37. The molecule has 1 heterocycles. The Morgan fingerprint density at radius 2 is 1.94 bits per heavy atom. The largest absolute Gasteiger partial charge is 0.397 e. The first-order valence-electron chi connectivity index (χ1n) is 5.06. The number of rotatable bonds is 3. The van der Waals surface area contributed by atoms with Gasteiger partial charge in [0.2, 0.25) is 0 Å². The molecule has 0 aliphatic carbocycles. The number of pyridine rings is 1. The molecule has 18 heavy (non-hydrogen) atoms. The molecule has 4 N–H and O–H groups in total. The lowest BCUT2D eigenvalue weighted by Gasteiger charge is -2.07. The van der Waals surface area contributed by atoms with Gasteiger partial charge in [-0.15, -0.1) is 0 Å². The average Bonchev–Trinajstić information content (AvgIpc) is 2.34. The summed E-state index contributed by atoms with van der Waals surface area (Å²) in [5.74, 6) is -0.566. The molecule has 1 amide bonds. The summed E-state index contributed by atoms with van der Waals surface area (Å²) in [5, 5.41) is 0.568. The standard InChI is InChI=1S/C12H10BrN3OS/c13-7-3-1-2-4-10(7)18-12-8(14)5-6-9(16-12)11(15)17/h1-6H,14H2,(H2,15,17). The molecule has 0 aliphatic rings. The summed E-state index contributed by atoms with van der Waals surface area (Å²) in [6.07, 6.45) is 0. The number of hydrogen-bond donors (Lipinski definition) is 2. The van der Waals surface area contributed by atoms with Crippen molar-refractivity contribution in [2.45, 2.75) is 9.92 Å². The van der Waals surface area contributed by atoms with Gasteiger partial charge in [-0.05, 0) is 40.2 Å². The second kappa shape index (κ2) is 5.41. The van der Waals surface area contributed by atoms with E-state index in [1.807, 2.05) is 24.3 Å². The summed E-state index contributed by atoms with van der Waals surface area (Å²) in [5.41, 5.74) is 11.8. The van der Waals surface area contributed by atoms with Crippen molar-refractivity contribution in [3.8, 4) is 0 Å². The van der Waals surface area contributed by atoms with Crippen LogP contribution in [0.5, 0.6) is 0 Å². The van der Waals surface area contributed by atoms with Gasteiger partial charge in [0.1, 0.15) is 10.7 Å². The Bertz CT molecular complexity index is 604. The zero-order valence-electron chi connectivity index (χ0n) is 9.26. The van der Waals surface area contributed by atoms with Gasteiger partial charge in [0.25, 0.3) is 5.91 Å². The van der Waals surface area contributed by atoms with Gasteiger partial charge in [-0.3, -0.25) is 4.79 Å². The van der Waals surface area contributed by atoms with Gasteiger partial charge in [0.05, 0.1) is 5.69 Å². The molecular weight excluding hydrogens is 314 g/mol. The lowest BCUT2D eigenvalue weighted by molar-refractivity contribution is 0.0995. The number of benzene rings is 1. The van der Waals surface area contributed by atoms with Gasteiger partial charge in [0.15, 0.2) is 0 Å². The predicted molar refractivity (Wildman–Crippen MR) is 75.4 cm³/mol. The van der Waals surface area contributed by atoms with Gasteiger partial charge in [-0.25, -0.2) is 4.98 Å². The Hall–Kier alpha value is -1.53. The first-order chi connectivity index (χ1) is 8.58. The van der Waals surface area contributed by atoms with Gasteiger partial charge >= 0.3 is 0 Å². The third-order valence-corrected chi connectivity index (χ3v) is 4.24. The Kier molecular flexibility index (Phi) is 3.88. The van der Waals surface area contributed by atoms with Gasteiger partial charge in [-0.2, -0.15) is 0 Å². The number of carbonyl (C=O) groups is 1. The third-order valence-electron chi connectivity index (χ3n) is 2.19. The molecule has 0 spiro atoms. The molecule has 92 valence electrons. The summed E-state index contributed by atoms with van der Waals surface area (Å²) in [7, 11) is 0. The van der Waals surface area contributed by atoms with Gasteiger partial charge in [0, 0.05) is 9.37 Å². The third kappa shape index (κ3) is 2.83. The van der Waals surface area contributed by atoms with E-state index >= 15 is 0 Å². The number of nitrogens with zero attached hydrogens (tertiary/aromatic N) is 1. The SMILES string of the molecule is NC(=O)c1ccc(N)c(Sc2ccccc2Br)n1. The van der Waals surface area contributed by atoms with E-state index in [0.717, 1.165) is 9.37 Å². The van der Waals surface area contributed by atoms with Crippen LogP contribution < -0.4 is 11.5 Å². The zero-order chi connectivity index (χ0) is 13.1. The van der Waals surface area contributed by atoms with Crippen molar-refractivity contribution in [1.29, 1.82) is 0 Å². The van der Waals surface area contributed by atoms with Crippen molar-refractivity contribution in [1.82, 2.24) is 4.98 Å². The lowest BCUT2D eigenvalue weighted by Crippen LogP contribution is -2.13. The number of aromatic nitrogens is 1. The Morgan fingerprint density at radius 1 is 1.22 bits per heavy atom. The summed E-state index contributed by atoms with van der Waals surface area (Å²) in [6.45, 7) is 0. The minimum atomic E-state index is -0.566. The van der Waals surface area contributed by atoms with E-state index in [2.05, 4.69) is 20.9 Å². The maximum Gasteiger partial charge on any atom is 0.267 e. The van der Waals surface area contributed by atoms with Crippen molar-refractivity contribution in [2.24, 2.45) is 5.73 Å². The maximum atomic E-state index is 11.1. The molecule has 2 aromatic rings. The Morgan fingerprint density at radius 3 is 2.61 bits per heavy atom. The summed E-state index contributed by atoms with van der Waals surface area (Å²) in [4.78, 5) is 16.2. The lowest BCUT2D eigenvalue weighted by atomic mass is 10.3. The molecule has 4 nitrogen and oxygen atoms in total. The van der Waals surface area contributed by atoms with E-state index in [4.69, 9.17) is 11.5 Å². The molecule has 0 atom stereocenters. The highest BCUT2D eigenvalue weighted by Gasteiger charge is 2.10. The minimum Gasteiger partial charge on any atom is -0.397 e. The van der Waals surface area contributed by atoms with Gasteiger partial charge < -0.3 is 11.5 Å². The first kappa shape index (κ1) is 12.9. The normalized spacial score (nSPS) is 10.3. The van der Waals surface area contributed by atoms with E-state index < -0.39 is 5.91 Å². The van der Waals surface area contributed by atoms with E-state index in [-0.39, 0.29) is 5.69 Å². The molecule has 6 heteroatoms. The van der Waals surface area contributed by atoms with Crippen LogP contribution >= 0.6 is 27.7 Å². The monoisotopic (exact) mass is 323 g/mol.